The van der Waals surface area contributed by atoms with Crippen LogP contribution in [0.1, 0.15) is 92.8 Å². The molecule has 0 radical (unpaired) electrons. The molecule has 0 saturated heterocycles. The average Bonchev–Trinajstić information content (AvgIpc) is 3.42. The molecule has 2 heterocycles. The summed E-state index contributed by atoms with van der Waals surface area (Å²) in [7, 11) is 0. The number of ether oxygens (including phenoxy) is 1. The maximum Gasteiger partial charge on any atom is 0.133 e. The van der Waals surface area contributed by atoms with Crippen LogP contribution in [0, 0.1) is 11.3 Å². The Morgan fingerprint density at radius 2 is 1.58 bits per heavy atom. The summed E-state index contributed by atoms with van der Waals surface area (Å²) >= 11 is 1.95. The lowest BCUT2D eigenvalue weighted by molar-refractivity contribution is -0.0443. The second-order valence-electron chi connectivity index (χ2n) is 16.2. The van der Waals surface area contributed by atoms with Gasteiger partial charge in [0.05, 0.1) is 6.04 Å². The fourth-order valence-corrected chi connectivity index (χ4v) is 9.58. The molecular formula is C48H53N3OS. The minimum absolute atomic E-state index is 0.129. The third kappa shape index (κ3) is 7.78. The zero-order valence-electron chi connectivity index (χ0n) is 31.3. The highest BCUT2D eigenvalue weighted by atomic mass is 32.1. The Morgan fingerprint density at radius 3 is 2.28 bits per heavy atom. The van der Waals surface area contributed by atoms with Gasteiger partial charge in [-0.2, -0.15) is 0 Å². The van der Waals surface area contributed by atoms with Crippen molar-refractivity contribution in [3.8, 4) is 11.1 Å². The van der Waals surface area contributed by atoms with Gasteiger partial charge in [-0.15, -0.1) is 11.3 Å². The number of allylic oxidation sites excluding steroid dienone is 7. The number of nitrogens with two attached hydrogens (primary N) is 2. The molecule has 3 aromatic carbocycles. The van der Waals surface area contributed by atoms with Gasteiger partial charge in [0.2, 0.25) is 0 Å². The largest absolute Gasteiger partial charge is 0.341 e. The van der Waals surface area contributed by atoms with Crippen molar-refractivity contribution in [2.75, 3.05) is 0 Å². The first-order valence-electron chi connectivity index (χ1n) is 19.5. The topological polar surface area (TPSA) is 73.3 Å². The van der Waals surface area contributed by atoms with E-state index in [9.17, 15) is 0 Å². The van der Waals surface area contributed by atoms with E-state index in [4.69, 9.17) is 16.2 Å². The van der Waals surface area contributed by atoms with E-state index in [-0.39, 0.29) is 11.5 Å². The molecular weight excluding hydrogens is 667 g/mol. The molecule has 1 aromatic heterocycles. The van der Waals surface area contributed by atoms with Gasteiger partial charge in [0.1, 0.15) is 12.5 Å². The predicted octanol–water partition coefficient (Wildman–Crippen LogP) is 11.2. The van der Waals surface area contributed by atoms with Crippen LogP contribution in [0.4, 0.5) is 0 Å². The van der Waals surface area contributed by atoms with Gasteiger partial charge in [0, 0.05) is 32.9 Å². The third-order valence-corrected chi connectivity index (χ3v) is 12.9. The van der Waals surface area contributed by atoms with Crippen molar-refractivity contribution in [3.63, 3.8) is 0 Å². The summed E-state index contributed by atoms with van der Waals surface area (Å²) in [5.74, 6) is 0.748. The highest BCUT2D eigenvalue weighted by Gasteiger charge is 2.29. The molecule has 4 aliphatic rings. The Morgan fingerprint density at radius 1 is 0.830 bits per heavy atom. The van der Waals surface area contributed by atoms with E-state index in [1.807, 2.05) is 11.3 Å². The monoisotopic (exact) mass is 719 g/mol. The highest BCUT2D eigenvalue weighted by Crippen LogP contribution is 2.44. The van der Waals surface area contributed by atoms with Crippen molar-refractivity contribution < 1.29 is 4.74 Å². The zero-order chi connectivity index (χ0) is 36.5. The van der Waals surface area contributed by atoms with Crippen molar-refractivity contribution in [1.82, 2.24) is 5.32 Å². The number of thiophene rings is 1. The first-order valence-corrected chi connectivity index (χ1v) is 20.3. The molecule has 3 aliphatic carbocycles. The Bertz CT molecular complexity index is 2120. The molecule has 5 heteroatoms. The molecule has 0 saturated carbocycles. The summed E-state index contributed by atoms with van der Waals surface area (Å²) in [6.45, 7) is 6.22. The summed E-state index contributed by atoms with van der Waals surface area (Å²) < 4.78 is 7.38. The molecule has 4 nitrogen and oxygen atoms in total. The highest BCUT2D eigenvalue weighted by molar-refractivity contribution is 7.19. The van der Waals surface area contributed by atoms with Crippen molar-refractivity contribution in [3.05, 3.63) is 160 Å². The molecule has 5 N–H and O–H groups in total. The van der Waals surface area contributed by atoms with E-state index >= 15 is 0 Å². The molecule has 53 heavy (non-hydrogen) atoms. The van der Waals surface area contributed by atoms with Gasteiger partial charge in [-0.05, 0) is 83.4 Å². The zero-order valence-corrected chi connectivity index (χ0v) is 32.1. The van der Waals surface area contributed by atoms with E-state index in [1.165, 1.54) is 53.9 Å². The SMILES string of the molecule is CC(C)(C)C(N)OC(N)C1=CCC(C2=CC(c3ccc(-c4ccc(C5CC=Cc6c5sc5ccccc65)cc4)cc3)NC(C3=CC=CCC3)CC2)C=C1. The van der Waals surface area contributed by atoms with Crippen molar-refractivity contribution in [1.29, 1.82) is 0 Å². The normalized spacial score (nSPS) is 24.2. The minimum atomic E-state index is -0.525. The third-order valence-electron chi connectivity index (χ3n) is 11.6. The number of rotatable bonds is 8. The number of hydrogen-bond acceptors (Lipinski definition) is 5. The Balaban J connectivity index is 1.00. The van der Waals surface area contributed by atoms with Crippen LogP contribution in [-0.2, 0) is 4.74 Å². The van der Waals surface area contributed by atoms with Crippen LogP contribution < -0.4 is 16.8 Å². The molecule has 8 rings (SSSR count). The molecule has 4 aromatic rings. The lowest BCUT2D eigenvalue weighted by atomic mass is 9.85. The van der Waals surface area contributed by atoms with Crippen molar-refractivity contribution >= 4 is 27.5 Å². The smallest absolute Gasteiger partial charge is 0.133 e. The van der Waals surface area contributed by atoms with E-state index in [2.05, 4.69) is 154 Å². The van der Waals surface area contributed by atoms with Crippen LogP contribution in [0.2, 0.25) is 0 Å². The molecule has 1 aliphatic heterocycles. The molecule has 0 fully saturated rings. The minimum Gasteiger partial charge on any atom is -0.341 e. The second kappa shape index (κ2) is 15.3. The van der Waals surface area contributed by atoms with Crippen LogP contribution in [0.5, 0.6) is 0 Å². The Labute approximate surface area is 319 Å². The summed E-state index contributed by atoms with van der Waals surface area (Å²) in [5, 5.41) is 5.46. The molecule has 0 bridgehead atoms. The molecule has 6 atom stereocenters. The van der Waals surface area contributed by atoms with Gasteiger partial charge in [-0.25, -0.2) is 0 Å². The first-order chi connectivity index (χ1) is 25.7. The molecule has 0 spiro atoms. The van der Waals surface area contributed by atoms with Crippen LogP contribution in [-0.4, -0.2) is 18.5 Å². The lowest BCUT2D eigenvalue weighted by Crippen LogP contribution is -2.43. The van der Waals surface area contributed by atoms with E-state index < -0.39 is 12.5 Å². The maximum absolute atomic E-state index is 6.46. The number of fused-ring (bicyclic) bond motifs is 3. The molecule has 272 valence electrons. The van der Waals surface area contributed by atoms with Crippen LogP contribution >= 0.6 is 11.3 Å². The van der Waals surface area contributed by atoms with E-state index in [0.717, 1.165) is 44.1 Å². The number of hydrogen-bond donors (Lipinski definition) is 3. The summed E-state index contributed by atoms with van der Waals surface area (Å²) in [6, 6.07) is 27.8. The van der Waals surface area contributed by atoms with Gasteiger partial charge < -0.3 is 21.5 Å². The Hall–Kier alpha value is -4.10. The van der Waals surface area contributed by atoms with Crippen LogP contribution in [0.15, 0.2) is 138 Å². The van der Waals surface area contributed by atoms with Crippen LogP contribution in [0.25, 0.3) is 27.3 Å². The first kappa shape index (κ1) is 35.9. The quantitative estimate of drug-likeness (QED) is 0.125. The van der Waals surface area contributed by atoms with Gasteiger partial charge in [0.15, 0.2) is 0 Å². The molecule has 0 amide bonds. The second-order valence-corrected chi connectivity index (χ2v) is 17.3. The van der Waals surface area contributed by atoms with E-state index in [0.29, 0.717) is 17.9 Å². The Kier molecular flexibility index (Phi) is 10.4. The fraction of sp³-hybridized carbons (Fsp3) is 0.333. The number of benzene rings is 3. The predicted molar refractivity (Wildman–Crippen MR) is 224 cm³/mol. The lowest BCUT2D eigenvalue weighted by Gasteiger charge is -2.31. The molecule has 6 unspecified atom stereocenters. The van der Waals surface area contributed by atoms with Gasteiger partial charge in [-0.3, -0.25) is 0 Å². The average molecular weight is 720 g/mol. The maximum atomic E-state index is 6.46. The summed E-state index contributed by atoms with van der Waals surface area (Å²) in [4.78, 5) is 1.49. The van der Waals surface area contributed by atoms with Gasteiger partial charge in [-0.1, -0.05) is 153 Å². The number of nitrogens with one attached hydrogen (secondary N) is 1. The van der Waals surface area contributed by atoms with Gasteiger partial charge >= 0.3 is 0 Å². The standard InChI is InChI=1S/C48H53N3OS/c1-48(2,3)47(50)52-46(49)37-26-20-33(21-27-37)38-28-29-42(35-10-5-4-6-11-35)51-43(30-38)36-24-18-32(19-25-36)31-16-22-34(23-17-31)39-13-9-14-41-40-12-7-8-15-44(40)53-45(39)41/h4-5,7-10,12,14-20,22-27,30,33,39,42-43,46-47,51H,6,11,13,21,28-29,49-50H2,1-3H3. The fourth-order valence-electron chi connectivity index (χ4n) is 8.25. The summed E-state index contributed by atoms with van der Waals surface area (Å²) in [5.41, 5.74) is 23.2. The van der Waals surface area contributed by atoms with E-state index in [1.54, 1.807) is 0 Å². The van der Waals surface area contributed by atoms with Crippen molar-refractivity contribution in [2.45, 2.75) is 89.8 Å². The van der Waals surface area contributed by atoms with Crippen LogP contribution in [0.3, 0.4) is 0 Å². The summed E-state index contributed by atoms with van der Waals surface area (Å²) in [6.07, 6.45) is 26.1. The van der Waals surface area contributed by atoms with Gasteiger partial charge in [0.25, 0.3) is 0 Å². The van der Waals surface area contributed by atoms with Crippen molar-refractivity contribution in [2.24, 2.45) is 22.8 Å².